The standard InChI is InChI=1S/C22H31N5O2/c1-3-10-26(16-7-5-4-6-8-16)15-21-25-18-12-19(22(23)28-2)24-13-20(18)27(21)14-17-9-11-29-17/h4-5,12-13,16-17,23H,3,6-11,14-15H2,1-2H3/t16?,17-/m0/s1. The Balaban J connectivity index is 1.67. The fourth-order valence-corrected chi connectivity index (χ4v) is 4.23. The summed E-state index contributed by atoms with van der Waals surface area (Å²) in [6.07, 6.45) is 12.4. The molecule has 1 unspecified atom stereocenters. The average Bonchev–Trinajstić information content (AvgIpc) is 3.06. The summed E-state index contributed by atoms with van der Waals surface area (Å²) >= 11 is 0. The fraction of sp³-hybridized carbons (Fsp3) is 0.591. The summed E-state index contributed by atoms with van der Waals surface area (Å²) in [7, 11) is 1.49. The number of nitrogens with zero attached hydrogens (tertiary/aromatic N) is 4. The van der Waals surface area contributed by atoms with Crippen molar-refractivity contribution in [1.29, 1.82) is 5.41 Å². The van der Waals surface area contributed by atoms with Crippen LogP contribution < -0.4 is 0 Å². The van der Waals surface area contributed by atoms with Crippen LogP contribution in [0.3, 0.4) is 0 Å². The molecule has 1 aliphatic carbocycles. The highest BCUT2D eigenvalue weighted by Crippen LogP contribution is 2.25. The number of pyridine rings is 1. The molecule has 0 aromatic carbocycles. The van der Waals surface area contributed by atoms with Crippen molar-refractivity contribution < 1.29 is 9.47 Å². The molecule has 1 N–H and O–H groups in total. The minimum Gasteiger partial charge on any atom is -0.480 e. The highest BCUT2D eigenvalue weighted by atomic mass is 16.5. The monoisotopic (exact) mass is 397 g/mol. The summed E-state index contributed by atoms with van der Waals surface area (Å²) in [6, 6.07) is 2.43. The number of methoxy groups -OCH3 is 1. The largest absolute Gasteiger partial charge is 0.480 e. The fourth-order valence-electron chi connectivity index (χ4n) is 4.23. The number of hydrogen-bond acceptors (Lipinski definition) is 6. The quantitative estimate of drug-likeness (QED) is 0.419. The van der Waals surface area contributed by atoms with Gasteiger partial charge in [0.2, 0.25) is 5.90 Å². The lowest BCUT2D eigenvalue weighted by Gasteiger charge is -2.33. The predicted molar refractivity (Wildman–Crippen MR) is 113 cm³/mol. The first-order valence-corrected chi connectivity index (χ1v) is 10.7. The van der Waals surface area contributed by atoms with Gasteiger partial charge in [0.1, 0.15) is 11.5 Å². The van der Waals surface area contributed by atoms with Gasteiger partial charge < -0.3 is 14.0 Å². The normalized spacial score (nSPS) is 21.5. The molecule has 0 bridgehead atoms. The minimum atomic E-state index is 0.0620. The van der Waals surface area contributed by atoms with Crippen LogP contribution in [0.4, 0.5) is 0 Å². The van der Waals surface area contributed by atoms with Crippen LogP contribution in [0.5, 0.6) is 0 Å². The Kier molecular flexibility index (Phi) is 6.25. The van der Waals surface area contributed by atoms with Gasteiger partial charge in [-0.2, -0.15) is 0 Å². The molecule has 2 aromatic rings. The second-order valence-electron chi connectivity index (χ2n) is 7.92. The molecule has 0 spiro atoms. The molecular formula is C22H31N5O2. The molecule has 1 aliphatic heterocycles. The van der Waals surface area contributed by atoms with E-state index in [9.17, 15) is 0 Å². The number of rotatable bonds is 8. The Morgan fingerprint density at radius 1 is 1.38 bits per heavy atom. The van der Waals surface area contributed by atoms with Crippen LogP contribution >= 0.6 is 0 Å². The molecule has 156 valence electrons. The zero-order valence-electron chi connectivity index (χ0n) is 17.4. The van der Waals surface area contributed by atoms with E-state index >= 15 is 0 Å². The highest BCUT2D eigenvalue weighted by Gasteiger charge is 2.25. The van der Waals surface area contributed by atoms with Gasteiger partial charge in [0.15, 0.2) is 0 Å². The number of hydrogen-bond donors (Lipinski definition) is 1. The zero-order chi connectivity index (χ0) is 20.2. The third-order valence-corrected chi connectivity index (χ3v) is 5.94. The second-order valence-corrected chi connectivity index (χ2v) is 7.92. The van der Waals surface area contributed by atoms with Gasteiger partial charge in [-0.15, -0.1) is 0 Å². The maximum absolute atomic E-state index is 7.91. The first-order valence-electron chi connectivity index (χ1n) is 10.7. The van der Waals surface area contributed by atoms with Crippen molar-refractivity contribution in [3.63, 3.8) is 0 Å². The van der Waals surface area contributed by atoms with Crippen molar-refractivity contribution in [2.24, 2.45) is 0 Å². The van der Waals surface area contributed by atoms with E-state index in [2.05, 4.69) is 33.5 Å². The minimum absolute atomic E-state index is 0.0620. The van der Waals surface area contributed by atoms with Crippen molar-refractivity contribution in [1.82, 2.24) is 19.4 Å². The number of nitrogens with one attached hydrogen (secondary N) is 1. The topological polar surface area (TPSA) is 76.3 Å². The summed E-state index contributed by atoms with van der Waals surface area (Å²) < 4.78 is 13.0. The van der Waals surface area contributed by atoms with Crippen molar-refractivity contribution >= 4 is 16.9 Å². The van der Waals surface area contributed by atoms with Crippen molar-refractivity contribution in [2.75, 3.05) is 20.3 Å². The summed E-state index contributed by atoms with van der Waals surface area (Å²) in [5.74, 6) is 1.12. The van der Waals surface area contributed by atoms with E-state index in [0.29, 0.717) is 11.7 Å². The van der Waals surface area contributed by atoms with Gasteiger partial charge in [0, 0.05) is 12.6 Å². The van der Waals surface area contributed by atoms with Crippen molar-refractivity contribution in [3.05, 3.63) is 35.9 Å². The predicted octanol–water partition coefficient (Wildman–Crippen LogP) is 3.51. The molecule has 3 heterocycles. The summed E-state index contributed by atoms with van der Waals surface area (Å²) in [5, 5.41) is 7.91. The lowest BCUT2D eigenvalue weighted by atomic mass is 10.00. The molecule has 7 nitrogen and oxygen atoms in total. The first kappa shape index (κ1) is 20.0. The Morgan fingerprint density at radius 2 is 2.24 bits per heavy atom. The molecule has 2 aliphatic rings. The van der Waals surface area contributed by atoms with Crippen molar-refractivity contribution in [2.45, 2.75) is 64.3 Å². The highest BCUT2D eigenvalue weighted by molar-refractivity contribution is 5.92. The zero-order valence-corrected chi connectivity index (χ0v) is 17.4. The molecule has 29 heavy (non-hydrogen) atoms. The number of fused-ring (bicyclic) bond motifs is 1. The van der Waals surface area contributed by atoms with E-state index in [0.717, 1.165) is 68.8 Å². The molecule has 2 atom stereocenters. The number of aromatic nitrogens is 3. The van der Waals surface area contributed by atoms with Gasteiger partial charge in [-0.05, 0) is 44.7 Å². The van der Waals surface area contributed by atoms with Crippen molar-refractivity contribution in [3.8, 4) is 0 Å². The van der Waals surface area contributed by atoms with E-state index in [1.807, 2.05) is 12.3 Å². The molecular weight excluding hydrogens is 366 g/mol. The average molecular weight is 398 g/mol. The van der Waals surface area contributed by atoms with Gasteiger partial charge in [-0.1, -0.05) is 19.1 Å². The van der Waals surface area contributed by atoms with Crippen LogP contribution in [0.2, 0.25) is 0 Å². The van der Waals surface area contributed by atoms with E-state index in [4.69, 9.17) is 19.9 Å². The first-order chi connectivity index (χ1) is 14.2. The third-order valence-electron chi connectivity index (χ3n) is 5.94. The lowest BCUT2D eigenvalue weighted by molar-refractivity contribution is -0.0592. The Morgan fingerprint density at radius 3 is 2.90 bits per heavy atom. The molecule has 4 rings (SSSR count). The Labute approximate surface area is 172 Å². The molecule has 7 heteroatoms. The Bertz CT molecular complexity index is 887. The van der Waals surface area contributed by atoms with Crippen LogP contribution in [0.15, 0.2) is 24.4 Å². The van der Waals surface area contributed by atoms with E-state index in [-0.39, 0.29) is 12.0 Å². The van der Waals surface area contributed by atoms with Crippen LogP contribution in [0.25, 0.3) is 11.0 Å². The third kappa shape index (κ3) is 4.36. The van der Waals surface area contributed by atoms with Gasteiger partial charge in [0.25, 0.3) is 0 Å². The summed E-state index contributed by atoms with van der Waals surface area (Å²) in [6.45, 7) is 5.78. The molecule has 0 radical (unpaired) electrons. The summed E-state index contributed by atoms with van der Waals surface area (Å²) in [4.78, 5) is 12.0. The van der Waals surface area contributed by atoms with Gasteiger partial charge in [-0.3, -0.25) is 10.3 Å². The van der Waals surface area contributed by atoms with Crippen LogP contribution in [0, 0.1) is 5.41 Å². The molecule has 2 aromatic heterocycles. The van der Waals surface area contributed by atoms with Gasteiger partial charge in [0.05, 0.1) is 43.5 Å². The lowest BCUT2D eigenvalue weighted by Crippen LogP contribution is -2.37. The Hall–Kier alpha value is -2.25. The molecule has 1 fully saturated rings. The number of ether oxygens (including phenoxy) is 2. The number of imidazole rings is 1. The summed E-state index contributed by atoms with van der Waals surface area (Å²) in [5.41, 5.74) is 2.38. The molecule has 0 saturated carbocycles. The molecule has 1 saturated heterocycles. The van der Waals surface area contributed by atoms with E-state index in [1.54, 1.807) is 0 Å². The van der Waals surface area contributed by atoms with E-state index in [1.165, 1.54) is 13.5 Å². The van der Waals surface area contributed by atoms with Gasteiger partial charge >= 0.3 is 0 Å². The maximum atomic E-state index is 7.91. The van der Waals surface area contributed by atoms with Crippen LogP contribution in [0.1, 0.15) is 50.5 Å². The number of allylic oxidation sites excluding steroid dienone is 1. The maximum Gasteiger partial charge on any atom is 0.232 e. The second kappa shape index (κ2) is 9.05. The van der Waals surface area contributed by atoms with E-state index < -0.39 is 0 Å². The van der Waals surface area contributed by atoms with Crippen LogP contribution in [-0.2, 0) is 22.6 Å². The van der Waals surface area contributed by atoms with Gasteiger partial charge in [-0.25, -0.2) is 9.97 Å². The smallest absolute Gasteiger partial charge is 0.232 e. The molecule has 0 amide bonds. The SMILES string of the molecule is CCCN(Cc1nc2cc(C(=N)OC)ncc2n1C[C@@H]1CCO1)C1CC=CCC1. The van der Waals surface area contributed by atoms with Crippen LogP contribution in [-0.4, -0.2) is 57.7 Å².